The van der Waals surface area contributed by atoms with E-state index < -0.39 is 11.5 Å². The number of carboxylic acid groups (broad SMARTS) is 1. The third-order valence-electron chi connectivity index (χ3n) is 4.18. The van der Waals surface area contributed by atoms with E-state index in [1.807, 2.05) is 6.92 Å². The maximum Gasteiger partial charge on any atom is 0.329 e. The lowest BCUT2D eigenvalue weighted by Gasteiger charge is -2.29. The highest BCUT2D eigenvalue weighted by Gasteiger charge is 2.48. The summed E-state index contributed by atoms with van der Waals surface area (Å²) in [5.74, 6) is -1.20. The first-order valence-electron chi connectivity index (χ1n) is 7.26. The van der Waals surface area contributed by atoms with Gasteiger partial charge < -0.3 is 15.2 Å². The number of hydrogen-bond acceptors (Lipinski definition) is 3. The topological polar surface area (TPSA) is 75.6 Å². The molecule has 1 amide bonds. The van der Waals surface area contributed by atoms with Crippen LogP contribution in [0.25, 0.3) is 0 Å². The molecule has 2 saturated carbocycles. The van der Waals surface area contributed by atoms with Crippen LogP contribution in [0.1, 0.15) is 51.9 Å². The van der Waals surface area contributed by atoms with Crippen molar-refractivity contribution in [1.29, 1.82) is 0 Å². The monoisotopic (exact) mass is 269 g/mol. The van der Waals surface area contributed by atoms with E-state index in [0.717, 1.165) is 32.1 Å². The Bertz CT molecular complexity index is 347. The highest BCUT2D eigenvalue weighted by molar-refractivity contribution is 5.89. The first-order valence-corrected chi connectivity index (χ1v) is 7.26. The van der Waals surface area contributed by atoms with Crippen LogP contribution in [-0.4, -0.2) is 35.2 Å². The van der Waals surface area contributed by atoms with Crippen molar-refractivity contribution in [2.75, 3.05) is 6.61 Å². The van der Waals surface area contributed by atoms with Crippen LogP contribution in [-0.2, 0) is 14.3 Å². The van der Waals surface area contributed by atoms with Crippen molar-refractivity contribution in [3.63, 3.8) is 0 Å². The van der Waals surface area contributed by atoms with Crippen molar-refractivity contribution in [3.05, 3.63) is 0 Å². The average molecular weight is 269 g/mol. The molecule has 0 aromatic carbocycles. The quantitative estimate of drug-likeness (QED) is 0.745. The van der Waals surface area contributed by atoms with Crippen LogP contribution in [0, 0.1) is 5.92 Å². The Hall–Kier alpha value is -1.10. The van der Waals surface area contributed by atoms with E-state index in [0.29, 0.717) is 19.4 Å². The number of nitrogens with one attached hydrogen (secondary N) is 1. The van der Waals surface area contributed by atoms with Crippen molar-refractivity contribution < 1.29 is 19.4 Å². The molecule has 0 radical (unpaired) electrons. The minimum Gasteiger partial charge on any atom is -0.480 e. The summed E-state index contributed by atoms with van der Waals surface area (Å²) < 4.78 is 5.39. The van der Waals surface area contributed by atoms with Gasteiger partial charge >= 0.3 is 5.97 Å². The molecule has 19 heavy (non-hydrogen) atoms. The van der Waals surface area contributed by atoms with Gasteiger partial charge in [0.1, 0.15) is 5.54 Å². The van der Waals surface area contributed by atoms with Crippen molar-refractivity contribution in [2.24, 2.45) is 5.92 Å². The minimum absolute atomic E-state index is 0.0124. The molecule has 2 rings (SSSR count). The van der Waals surface area contributed by atoms with Gasteiger partial charge in [-0.2, -0.15) is 0 Å². The summed E-state index contributed by atoms with van der Waals surface area (Å²) in [4.78, 5) is 23.7. The van der Waals surface area contributed by atoms with E-state index in [4.69, 9.17) is 4.74 Å². The second-order valence-electron chi connectivity index (χ2n) is 5.63. The Morgan fingerprint density at radius 3 is 2.42 bits per heavy atom. The third-order valence-corrected chi connectivity index (χ3v) is 4.18. The van der Waals surface area contributed by atoms with Gasteiger partial charge in [-0.25, -0.2) is 4.79 Å². The van der Waals surface area contributed by atoms with Crippen LogP contribution < -0.4 is 5.32 Å². The van der Waals surface area contributed by atoms with Crippen molar-refractivity contribution in [1.82, 2.24) is 5.32 Å². The zero-order valence-corrected chi connectivity index (χ0v) is 11.5. The number of hydrogen-bond donors (Lipinski definition) is 2. The predicted octanol–water partition coefficient (Wildman–Crippen LogP) is 1.71. The predicted molar refractivity (Wildman–Crippen MR) is 69.7 cm³/mol. The van der Waals surface area contributed by atoms with Crippen LogP contribution in [0.2, 0.25) is 0 Å². The summed E-state index contributed by atoms with van der Waals surface area (Å²) in [6.45, 7) is 2.50. The summed E-state index contributed by atoms with van der Waals surface area (Å²) in [6.07, 6.45) is 5.63. The van der Waals surface area contributed by atoms with Gasteiger partial charge in [0.15, 0.2) is 0 Å². The molecule has 0 aromatic rings. The standard InChI is InChI=1S/C14H23NO4/c1-2-19-11-9-10(11)12(16)15-14(13(17)18)7-5-3-4-6-8-14/h10-11H,2-9H2,1H3,(H,15,16)(H,17,18). The van der Waals surface area contributed by atoms with Gasteiger partial charge in [0.25, 0.3) is 0 Å². The zero-order chi connectivity index (χ0) is 13.9. The molecule has 0 heterocycles. The summed E-state index contributed by atoms with van der Waals surface area (Å²) >= 11 is 0. The number of aliphatic carboxylic acids is 1. The van der Waals surface area contributed by atoms with E-state index >= 15 is 0 Å². The Labute approximate surface area is 113 Å². The Balaban J connectivity index is 1.97. The number of rotatable bonds is 5. The number of ether oxygens (including phenoxy) is 1. The van der Waals surface area contributed by atoms with Crippen molar-refractivity contribution >= 4 is 11.9 Å². The van der Waals surface area contributed by atoms with Crippen molar-refractivity contribution in [3.8, 4) is 0 Å². The molecule has 5 nitrogen and oxygen atoms in total. The molecule has 0 bridgehead atoms. The summed E-state index contributed by atoms with van der Waals surface area (Å²) in [5.41, 5.74) is -1.05. The van der Waals surface area contributed by atoms with Gasteiger partial charge in [-0.3, -0.25) is 4.79 Å². The summed E-state index contributed by atoms with van der Waals surface area (Å²) in [7, 11) is 0. The lowest BCUT2D eigenvalue weighted by molar-refractivity contribution is -0.148. The Morgan fingerprint density at radius 1 is 1.26 bits per heavy atom. The highest BCUT2D eigenvalue weighted by atomic mass is 16.5. The molecule has 2 unspecified atom stereocenters. The van der Waals surface area contributed by atoms with E-state index in [-0.39, 0.29) is 17.9 Å². The second-order valence-corrected chi connectivity index (χ2v) is 5.63. The third kappa shape index (κ3) is 3.26. The number of carbonyl (C=O) groups excluding carboxylic acids is 1. The first-order chi connectivity index (χ1) is 9.09. The summed E-state index contributed by atoms with van der Waals surface area (Å²) in [5, 5.41) is 12.3. The second kappa shape index (κ2) is 5.90. The van der Waals surface area contributed by atoms with Crippen LogP contribution in [0.4, 0.5) is 0 Å². The van der Waals surface area contributed by atoms with E-state index in [1.165, 1.54) is 0 Å². The molecule has 0 saturated heterocycles. The fraction of sp³-hybridized carbons (Fsp3) is 0.857. The molecular formula is C14H23NO4. The van der Waals surface area contributed by atoms with E-state index in [2.05, 4.69) is 5.32 Å². The molecule has 0 aromatic heterocycles. The van der Waals surface area contributed by atoms with Gasteiger partial charge in [-0.15, -0.1) is 0 Å². The summed E-state index contributed by atoms with van der Waals surface area (Å²) in [6, 6.07) is 0. The van der Waals surface area contributed by atoms with Crippen LogP contribution in [0.5, 0.6) is 0 Å². The van der Waals surface area contributed by atoms with Gasteiger partial charge in [-0.05, 0) is 26.2 Å². The maximum absolute atomic E-state index is 12.1. The first kappa shape index (κ1) is 14.3. The normalized spacial score (nSPS) is 29.3. The molecule has 2 aliphatic carbocycles. The Kier molecular flexibility index (Phi) is 4.45. The molecular weight excluding hydrogens is 246 g/mol. The number of carboxylic acids is 1. The molecule has 0 aliphatic heterocycles. The molecule has 0 spiro atoms. The van der Waals surface area contributed by atoms with Gasteiger partial charge in [-0.1, -0.05) is 25.7 Å². The van der Waals surface area contributed by atoms with Gasteiger partial charge in [0.2, 0.25) is 5.91 Å². The van der Waals surface area contributed by atoms with Gasteiger partial charge in [0.05, 0.1) is 12.0 Å². The molecule has 2 aliphatic rings. The van der Waals surface area contributed by atoms with Crippen LogP contribution in [0.3, 0.4) is 0 Å². The lowest BCUT2D eigenvalue weighted by atomic mass is 9.90. The van der Waals surface area contributed by atoms with Crippen LogP contribution in [0.15, 0.2) is 0 Å². The molecule has 5 heteroatoms. The van der Waals surface area contributed by atoms with Crippen LogP contribution >= 0.6 is 0 Å². The molecule has 2 atom stereocenters. The van der Waals surface area contributed by atoms with Gasteiger partial charge in [0, 0.05) is 6.61 Å². The molecule has 108 valence electrons. The fourth-order valence-corrected chi connectivity index (χ4v) is 2.90. The maximum atomic E-state index is 12.1. The highest BCUT2D eigenvalue weighted by Crippen LogP contribution is 2.35. The van der Waals surface area contributed by atoms with E-state index in [1.54, 1.807) is 0 Å². The fourth-order valence-electron chi connectivity index (χ4n) is 2.90. The largest absolute Gasteiger partial charge is 0.480 e. The SMILES string of the molecule is CCOC1CC1C(=O)NC1(C(=O)O)CCCCCC1. The Morgan fingerprint density at radius 2 is 1.89 bits per heavy atom. The molecule has 2 N–H and O–H groups in total. The molecule has 2 fully saturated rings. The van der Waals surface area contributed by atoms with Crippen molar-refractivity contribution in [2.45, 2.75) is 63.5 Å². The number of amides is 1. The van der Waals surface area contributed by atoms with E-state index in [9.17, 15) is 14.7 Å². The zero-order valence-electron chi connectivity index (χ0n) is 11.5. The average Bonchev–Trinajstić information content (AvgIpc) is 3.13. The minimum atomic E-state index is -1.05. The number of carbonyl (C=O) groups is 2. The lowest BCUT2D eigenvalue weighted by Crippen LogP contribution is -2.54. The smallest absolute Gasteiger partial charge is 0.329 e.